The molecule has 0 aromatic carbocycles. The van der Waals surface area contributed by atoms with Crippen LogP contribution in [-0.4, -0.2) is 43.7 Å². The molecule has 130 valence electrons. The van der Waals surface area contributed by atoms with E-state index in [0.29, 0.717) is 6.04 Å². The van der Waals surface area contributed by atoms with Crippen molar-refractivity contribution < 1.29 is 4.42 Å². The van der Waals surface area contributed by atoms with Crippen LogP contribution in [0.1, 0.15) is 12.2 Å². The van der Waals surface area contributed by atoms with E-state index in [1.807, 2.05) is 30.5 Å². The van der Waals surface area contributed by atoms with Crippen LogP contribution in [0.2, 0.25) is 0 Å². The normalized spacial score (nSPS) is 17.5. The quantitative estimate of drug-likeness (QED) is 0.424. The summed E-state index contributed by atoms with van der Waals surface area (Å²) in [5.74, 6) is 2.86. The molecule has 24 heavy (non-hydrogen) atoms. The van der Waals surface area contributed by atoms with Gasteiger partial charge in [0, 0.05) is 45.3 Å². The summed E-state index contributed by atoms with van der Waals surface area (Å²) in [6.07, 6.45) is 5.46. The molecular formula is C17H24IN5O. The highest BCUT2D eigenvalue weighted by Gasteiger charge is 2.23. The molecule has 0 aliphatic carbocycles. The van der Waals surface area contributed by atoms with Crippen LogP contribution in [0, 0.1) is 0 Å². The van der Waals surface area contributed by atoms with Gasteiger partial charge in [-0.1, -0.05) is 6.07 Å². The van der Waals surface area contributed by atoms with Crippen molar-refractivity contribution in [1.82, 2.24) is 15.6 Å². The van der Waals surface area contributed by atoms with Gasteiger partial charge in [0.05, 0.1) is 6.26 Å². The molecule has 0 spiro atoms. The lowest BCUT2D eigenvalue weighted by Gasteiger charge is -2.19. The first kappa shape index (κ1) is 18.6. The first-order chi connectivity index (χ1) is 11.3. The lowest BCUT2D eigenvalue weighted by Crippen LogP contribution is -2.45. The van der Waals surface area contributed by atoms with E-state index in [4.69, 9.17) is 4.42 Å². The van der Waals surface area contributed by atoms with Gasteiger partial charge in [-0.25, -0.2) is 4.98 Å². The van der Waals surface area contributed by atoms with E-state index in [1.165, 1.54) is 0 Å². The Morgan fingerprint density at radius 3 is 3.00 bits per heavy atom. The van der Waals surface area contributed by atoms with Gasteiger partial charge in [0.15, 0.2) is 5.96 Å². The number of halogens is 1. The Labute approximate surface area is 159 Å². The largest absolute Gasteiger partial charge is 0.469 e. The van der Waals surface area contributed by atoms with Gasteiger partial charge in [-0.2, -0.15) is 0 Å². The number of furan rings is 1. The summed E-state index contributed by atoms with van der Waals surface area (Å²) < 4.78 is 5.33. The topological polar surface area (TPSA) is 65.7 Å². The summed E-state index contributed by atoms with van der Waals surface area (Å²) in [7, 11) is 1.80. The number of rotatable bonds is 5. The van der Waals surface area contributed by atoms with Gasteiger partial charge in [-0.05, 0) is 30.7 Å². The van der Waals surface area contributed by atoms with Crippen molar-refractivity contribution in [3.63, 3.8) is 0 Å². The molecule has 1 atom stereocenters. The van der Waals surface area contributed by atoms with E-state index in [1.54, 1.807) is 13.3 Å². The van der Waals surface area contributed by atoms with Crippen molar-refractivity contribution in [3.8, 4) is 0 Å². The molecule has 0 bridgehead atoms. The number of pyridine rings is 1. The molecule has 2 N–H and O–H groups in total. The minimum absolute atomic E-state index is 0. The molecular weight excluding hydrogens is 417 g/mol. The van der Waals surface area contributed by atoms with Crippen LogP contribution in [0.15, 0.2) is 52.2 Å². The molecule has 0 radical (unpaired) electrons. The molecule has 0 amide bonds. The third-order valence-corrected chi connectivity index (χ3v) is 3.97. The third-order valence-electron chi connectivity index (χ3n) is 3.97. The molecule has 3 rings (SSSR count). The van der Waals surface area contributed by atoms with E-state index >= 15 is 0 Å². The summed E-state index contributed by atoms with van der Waals surface area (Å²) >= 11 is 0. The highest BCUT2D eigenvalue weighted by molar-refractivity contribution is 14.0. The van der Waals surface area contributed by atoms with Crippen LogP contribution in [0.3, 0.4) is 0 Å². The Bertz CT molecular complexity index is 617. The molecule has 7 heteroatoms. The monoisotopic (exact) mass is 441 g/mol. The average molecular weight is 441 g/mol. The number of hydrogen-bond donors (Lipinski definition) is 2. The van der Waals surface area contributed by atoms with Crippen molar-refractivity contribution in [2.45, 2.75) is 18.9 Å². The van der Waals surface area contributed by atoms with Crippen molar-refractivity contribution in [2.24, 2.45) is 4.99 Å². The molecule has 2 aromatic rings. The third kappa shape index (κ3) is 5.12. The summed E-state index contributed by atoms with van der Waals surface area (Å²) in [5, 5.41) is 6.82. The first-order valence-corrected chi connectivity index (χ1v) is 8.00. The fourth-order valence-electron chi connectivity index (χ4n) is 2.77. The molecule has 0 saturated carbocycles. The lowest BCUT2D eigenvalue weighted by atomic mass is 10.3. The molecule has 1 unspecified atom stereocenters. The second-order valence-corrected chi connectivity index (χ2v) is 5.59. The minimum atomic E-state index is 0. The maximum Gasteiger partial charge on any atom is 0.191 e. The van der Waals surface area contributed by atoms with Crippen LogP contribution < -0.4 is 15.5 Å². The Kier molecular flexibility index (Phi) is 7.36. The number of hydrogen-bond acceptors (Lipinski definition) is 4. The molecule has 1 fully saturated rings. The molecule has 1 aliphatic heterocycles. The fraction of sp³-hybridized carbons (Fsp3) is 0.412. The van der Waals surface area contributed by atoms with E-state index in [2.05, 4.69) is 31.6 Å². The Hall–Kier alpha value is -1.77. The average Bonchev–Trinajstić information content (AvgIpc) is 3.26. The van der Waals surface area contributed by atoms with Gasteiger partial charge >= 0.3 is 0 Å². The van der Waals surface area contributed by atoms with Crippen molar-refractivity contribution in [2.75, 3.05) is 31.6 Å². The van der Waals surface area contributed by atoms with Crippen LogP contribution >= 0.6 is 24.0 Å². The summed E-state index contributed by atoms with van der Waals surface area (Å²) in [6, 6.07) is 10.3. The summed E-state index contributed by atoms with van der Waals surface area (Å²) in [4.78, 5) is 11.0. The van der Waals surface area contributed by atoms with Crippen LogP contribution in [-0.2, 0) is 6.42 Å². The highest BCUT2D eigenvalue weighted by Crippen LogP contribution is 2.17. The van der Waals surface area contributed by atoms with Crippen molar-refractivity contribution in [1.29, 1.82) is 0 Å². The Morgan fingerprint density at radius 2 is 2.29 bits per heavy atom. The fourth-order valence-corrected chi connectivity index (χ4v) is 2.77. The lowest BCUT2D eigenvalue weighted by molar-refractivity contribution is 0.506. The summed E-state index contributed by atoms with van der Waals surface area (Å²) in [6.45, 7) is 2.75. The zero-order chi connectivity index (χ0) is 15.9. The standard InChI is InChI=1S/C17H23N5O.HI/c1-18-17(20-10-7-15-5-4-12-23-15)21-14-8-11-22(13-14)16-6-2-3-9-19-16;/h2-6,9,12,14H,7-8,10-11,13H2,1H3,(H2,18,20,21);1H. The second kappa shape index (κ2) is 9.51. The van der Waals surface area contributed by atoms with Gasteiger partial charge in [0.1, 0.15) is 11.6 Å². The van der Waals surface area contributed by atoms with Crippen LogP contribution in [0.4, 0.5) is 5.82 Å². The van der Waals surface area contributed by atoms with E-state index < -0.39 is 0 Å². The van der Waals surface area contributed by atoms with E-state index in [0.717, 1.165) is 50.0 Å². The smallest absolute Gasteiger partial charge is 0.191 e. The number of anilines is 1. The van der Waals surface area contributed by atoms with Crippen LogP contribution in [0.25, 0.3) is 0 Å². The molecule has 3 heterocycles. The molecule has 1 aliphatic rings. The first-order valence-electron chi connectivity index (χ1n) is 8.00. The number of nitrogens with one attached hydrogen (secondary N) is 2. The Balaban J connectivity index is 0.00000208. The predicted molar refractivity (Wildman–Crippen MR) is 107 cm³/mol. The second-order valence-electron chi connectivity index (χ2n) is 5.59. The number of aliphatic imine (C=N–C) groups is 1. The van der Waals surface area contributed by atoms with Gasteiger partial charge in [-0.3, -0.25) is 4.99 Å². The number of nitrogens with zero attached hydrogens (tertiary/aromatic N) is 3. The minimum Gasteiger partial charge on any atom is -0.469 e. The Morgan fingerprint density at radius 1 is 1.38 bits per heavy atom. The molecule has 1 saturated heterocycles. The van der Waals surface area contributed by atoms with Crippen molar-refractivity contribution in [3.05, 3.63) is 48.6 Å². The molecule has 6 nitrogen and oxygen atoms in total. The number of aromatic nitrogens is 1. The summed E-state index contributed by atoms with van der Waals surface area (Å²) in [5.41, 5.74) is 0. The van der Waals surface area contributed by atoms with E-state index in [9.17, 15) is 0 Å². The number of guanidine groups is 1. The van der Waals surface area contributed by atoms with Crippen LogP contribution in [0.5, 0.6) is 0 Å². The zero-order valence-corrected chi connectivity index (χ0v) is 16.1. The maximum absolute atomic E-state index is 5.33. The van der Waals surface area contributed by atoms with Gasteiger partial charge in [0.25, 0.3) is 0 Å². The van der Waals surface area contributed by atoms with Gasteiger partial charge < -0.3 is 20.0 Å². The van der Waals surface area contributed by atoms with E-state index in [-0.39, 0.29) is 24.0 Å². The van der Waals surface area contributed by atoms with Crippen molar-refractivity contribution >= 4 is 35.8 Å². The van der Waals surface area contributed by atoms with Gasteiger partial charge in [-0.15, -0.1) is 24.0 Å². The highest BCUT2D eigenvalue weighted by atomic mass is 127. The maximum atomic E-state index is 5.33. The SMILES string of the molecule is CN=C(NCCc1ccco1)NC1CCN(c2ccccn2)C1.I. The van der Waals surface area contributed by atoms with Gasteiger partial charge in [0.2, 0.25) is 0 Å². The zero-order valence-electron chi connectivity index (χ0n) is 13.8. The molecule has 2 aromatic heterocycles. The predicted octanol–water partition coefficient (Wildman–Crippen LogP) is 2.28.